The van der Waals surface area contributed by atoms with Crippen LogP contribution in [-0.4, -0.2) is 20.7 Å². The first-order valence-electron chi connectivity index (χ1n) is 8.90. The number of pyridine rings is 1. The molecule has 134 valence electrons. The van der Waals surface area contributed by atoms with Gasteiger partial charge in [-0.3, -0.25) is 4.79 Å². The number of amides is 1. The number of nitrogens with one attached hydrogen (secondary N) is 1. The van der Waals surface area contributed by atoms with Gasteiger partial charge in [0.25, 0.3) is 5.91 Å². The van der Waals surface area contributed by atoms with Crippen LogP contribution in [0.25, 0.3) is 11.0 Å². The monoisotopic (exact) mass is 368 g/mol. The number of carbonyl (C=O) groups excluding carboxylic acids is 1. The minimum absolute atomic E-state index is 0.159. The highest BCUT2D eigenvalue weighted by molar-refractivity contribution is 6.31. The van der Waals surface area contributed by atoms with Gasteiger partial charge in [-0.05, 0) is 57.4 Å². The summed E-state index contributed by atoms with van der Waals surface area (Å²) < 4.78 is 1.88. The molecular weight excluding hydrogens is 348 g/mol. The van der Waals surface area contributed by atoms with Gasteiger partial charge in [0.05, 0.1) is 17.1 Å². The van der Waals surface area contributed by atoms with Gasteiger partial charge in [0.15, 0.2) is 5.65 Å². The normalized spacial score (nSPS) is 14.2. The van der Waals surface area contributed by atoms with E-state index in [0.717, 1.165) is 40.8 Å². The first-order valence-corrected chi connectivity index (χ1v) is 9.28. The second-order valence-corrected chi connectivity index (χ2v) is 7.56. The highest BCUT2D eigenvalue weighted by atomic mass is 35.5. The minimum atomic E-state index is -0.159. The smallest absolute Gasteiger partial charge is 0.256 e. The Hall–Kier alpha value is -2.40. The Morgan fingerprint density at radius 2 is 2.12 bits per heavy atom. The van der Waals surface area contributed by atoms with Gasteiger partial charge >= 0.3 is 0 Å². The molecule has 26 heavy (non-hydrogen) atoms. The van der Waals surface area contributed by atoms with Crippen LogP contribution in [0.1, 0.15) is 60.3 Å². The van der Waals surface area contributed by atoms with E-state index >= 15 is 0 Å². The third-order valence-corrected chi connectivity index (χ3v) is 5.24. The average molecular weight is 369 g/mol. The molecule has 1 N–H and O–H groups in total. The second kappa shape index (κ2) is 6.40. The largest absolute Gasteiger partial charge is 0.322 e. The number of hydrogen-bond donors (Lipinski definition) is 1. The van der Waals surface area contributed by atoms with Crippen molar-refractivity contribution in [1.29, 1.82) is 0 Å². The van der Waals surface area contributed by atoms with Crippen LogP contribution in [0.2, 0.25) is 5.02 Å². The van der Waals surface area contributed by atoms with Crippen molar-refractivity contribution >= 4 is 34.2 Å². The van der Waals surface area contributed by atoms with E-state index in [9.17, 15) is 4.79 Å². The lowest BCUT2D eigenvalue weighted by atomic mass is 10.1. The number of nitrogens with zero attached hydrogens (tertiary/aromatic N) is 3. The standard InChI is InChI=1S/C20H21ClN4O/c1-11(2)25-19-15(10-22-25)14(9-18(23-19)13-7-8-13)20(26)24-17-6-4-5-16(21)12(17)3/h4-6,9-11,13H,7-8H2,1-3H3,(H,24,26). The van der Waals surface area contributed by atoms with Crippen LogP contribution in [0.5, 0.6) is 0 Å². The number of benzene rings is 1. The highest BCUT2D eigenvalue weighted by Crippen LogP contribution is 2.40. The van der Waals surface area contributed by atoms with Crippen LogP contribution in [0.3, 0.4) is 0 Å². The number of hydrogen-bond acceptors (Lipinski definition) is 3. The maximum atomic E-state index is 13.0. The SMILES string of the molecule is Cc1c(Cl)cccc1NC(=O)c1cc(C2CC2)nc2c1cnn2C(C)C. The molecule has 0 atom stereocenters. The second-order valence-electron chi connectivity index (χ2n) is 7.16. The Kier molecular flexibility index (Phi) is 4.19. The minimum Gasteiger partial charge on any atom is -0.322 e. The molecule has 0 saturated heterocycles. The molecule has 6 heteroatoms. The summed E-state index contributed by atoms with van der Waals surface area (Å²) in [6, 6.07) is 7.60. The van der Waals surface area contributed by atoms with Crippen molar-refractivity contribution in [3.05, 3.63) is 52.3 Å². The predicted octanol–water partition coefficient (Wildman–Crippen LogP) is 5.10. The van der Waals surface area contributed by atoms with Crippen molar-refractivity contribution in [1.82, 2.24) is 14.8 Å². The quantitative estimate of drug-likeness (QED) is 0.696. The fraction of sp³-hybridized carbons (Fsp3) is 0.350. The third-order valence-electron chi connectivity index (χ3n) is 4.83. The summed E-state index contributed by atoms with van der Waals surface area (Å²) in [5.41, 5.74) is 3.94. The number of halogens is 1. The van der Waals surface area contributed by atoms with E-state index in [0.29, 0.717) is 16.5 Å². The lowest BCUT2D eigenvalue weighted by Crippen LogP contribution is -2.14. The summed E-state index contributed by atoms with van der Waals surface area (Å²) in [5, 5.41) is 8.86. The molecule has 3 aromatic rings. The maximum absolute atomic E-state index is 13.0. The Bertz CT molecular complexity index is 1000. The van der Waals surface area contributed by atoms with E-state index in [4.69, 9.17) is 16.6 Å². The first-order chi connectivity index (χ1) is 12.5. The van der Waals surface area contributed by atoms with Crippen LogP contribution < -0.4 is 5.32 Å². The molecule has 2 aromatic heterocycles. The van der Waals surface area contributed by atoms with E-state index in [1.807, 2.05) is 35.9 Å². The third kappa shape index (κ3) is 2.97. The van der Waals surface area contributed by atoms with Crippen molar-refractivity contribution < 1.29 is 4.79 Å². The van der Waals surface area contributed by atoms with Gasteiger partial charge in [0.1, 0.15) is 0 Å². The molecule has 0 bridgehead atoms. The molecular formula is C20H21ClN4O. The lowest BCUT2D eigenvalue weighted by Gasteiger charge is -2.12. The van der Waals surface area contributed by atoms with Gasteiger partial charge in [-0.1, -0.05) is 17.7 Å². The molecule has 1 amide bonds. The molecule has 0 unspecified atom stereocenters. The van der Waals surface area contributed by atoms with Gasteiger partial charge in [-0.2, -0.15) is 5.10 Å². The van der Waals surface area contributed by atoms with Crippen LogP contribution in [-0.2, 0) is 0 Å². The van der Waals surface area contributed by atoms with Crippen molar-refractivity contribution in [2.75, 3.05) is 5.32 Å². The molecule has 1 aliphatic rings. The van der Waals surface area contributed by atoms with Gasteiger partial charge < -0.3 is 5.32 Å². The topological polar surface area (TPSA) is 59.8 Å². The first kappa shape index (κ1) is 17.0. The van der Waals surface area contributed by atoms with E-state index < -0.39 is 0 Å². The summed E-state index contributed by atoms with van der Waals surface area (Å²) >= 11 is 6.18. The average Bonchev–Trinajstić information content (AvgIpc) is 3.37. The fourth-order valence-corrected chi connectivity index (χ4v) is 3.30. The summed E-state index contributed by atoms with van der Waals surface area (Å²) in [5.74, 6) is 0.294. The molecule has 0 radical (unpaired) electrons. The maximum Gasteiger partial charge on any atom is 0.256 e. The van der Waals surface area contributed by atoms with Crippen LogP contribution in [0.4, 0.5) is 5.69 Å². The zero-order chi connectivity index (χ0) is 18.4. The Morgan fingerprint density at radius 1 is 1.35 bits per heavy atom. The number of carbonyl (C=O) groups is 1. The van der Waals surface area contributed by atoms with E-state index in [1.165, 1.54) is 0 Å². The van der Waals surface area contributed by atoms with Gasteiger partial charge in [-0.25, -0.2) is 9.67 Å². The molecule has 0 spiro atoms. The molecule has 0 aliphatic heterocycles. The van der Waals surface area contributed by atoms with E-state index in [2.05, 4.69) is 24.3 Å². The molecule has 1 aliphatic carbocycles. The van der Waals surface area contributed by atoms with Crippen molar-refractivity contribution in [2.45, 2.75) is 45.6 Å². The van der Waals surface area contributed by atoms with E-state index in [1.54, 1.807) is 6.20 Å². The summed E-state index contributed by atoms with van der Waals surface area (Å²) in [4.78, 5) is 17.8. The number of anilines is 1. The highest BCUT2D eigenvalue weighted by Gasteiger charge is 2.28. The number of aromatic nitrogens is 3. The zero-order valence-electron chi connectivity index (χ0n) is 15.1. The van der Waals surface area contributed by atoms with Gasteiger partial charge in [-0.15, -0.1) is 0 Å². The molecule has 2 heterocycles. The molecule has 1 fully saturated rings. The Labute approximate surface area is 157 Å². The van der Waals surface area contributed by atoms with Crippen molar-refractivity contribution in [3.63, 3.8) is 0 Å². The van der Waals surface area contributed by atoms with Crippen LogP contribution >= 0.6 is 11.6 Å². The van der Waals surface area contributed by atoms with Crippen LogP contribution in [0, 0.1) is 6.92 Å². The van der Waals surface area contributed by atoms with Gasteiger partial charge in [0, 0.05) is 28.4 Å². The number of fused-ring (bicyclic) bond motifs is 1. The fourth-order valence-electron chi connectivity index (χ4n) is 3.12. The van der Waals surface area contributed by atoms with E-state index in [-0.39, 0.29) is 11.9 Å². The Morgan fingerprint density at radius 3 is 2.81 bits per heavy atom. The number of rotatable bonds is 4. The summed E-state index contributed by atoms with van der Waals surface area (Å²) in [7, 11) is 0. The zero-order valence-corrected chi connectivity index (χ0v) is 15.8. The molecule has 1 saturated carbocycles. The Balaban J connectivity index is 1.79. The lowest BCUT2D eigenvalue weighted by molar-refractivity contribution is 0.102. The molecule has 4 rings (SSSR count). The molecule has 1 aromatic carbocycles. The van der Waals surface area contributed by atoms with Crippen molar-refractivity contribution in [2.24, 2.45) is 0 Å². The summed E-state index contributed by atoms with van der Waals surface area (Å²) in [6.07, 6.45) is 3.99. The molecule has 5 nitrogen and oxygen atoms in total. The van der Waals surface area contributed by atoms with Crippen molar-refractivity contribution in [3.8, 4) is 0 Å². The summed E-state index contributed by atoms with van der Waals surface area (Å²) in [6.45, 7) is 6.02. The van der Waals surface area contributed by atoms with Gasteiger partial charge in [0.2, 0.25) is 0 Å². The van der Waals surface area contributed by atoms with Crippen LogP contribution in [0.15, 0.2) is 30.5 Å². The predicted molar refractivity (Wildman–Crippen MR) is 104 cm³/mol.